The molecule has 0 amide bonds. The van der Waals surface area contributed by atoms with Crippen LogP contribution in [0.3, 0.4) is 0 Å². The zero-order valence-corrected chi connectivity index (χ0v) is 11.1. The Balaban J connectivity index is 1.55. The van der Waals surface area contributed by atoms with Gasteiger partial charge >= 0.3 is 0 Å². The summed E-state index contributed by atoms with van der Waals surface area (Å²) in [4.78, 5) is 15.1. The number of ether oxygens (including phenoxy) is 1. The molecule has 1 saturated carbocycles. The van der Waals surface area contributed by atoms with Crippen LogP contribution in [0.25, 0.3) is 0 Å². The molecule has 2 aliphatic rings. The summed E-state index contributed by atoms with van der Waals surface area (Å²) in [5.74, 6) is 2.23. The highest BCUT2D eigenvalue weighted by molar-refractivity contribution is 5.37. The lowest BCUT2D eigenvalue weighted by Crippen LogP contribution is -2.37. The Morgan fingerprint density at radius 3 is 2.80 bits per heavy atom. The Hall–Kier alpha value is -2.17. The molecule has 3 unspecified atom stereocenters. The molecule has 3 heterocycles. The van der Waals surface area contributed by atoms with Crippen LogP contribution in [0, 0.1) is 5.92 Å². The Morgan fingerprint density at radius 1 is 1.10 bits per heavy atom. The first kappa shape index (κ1) is 11.6. The first-order valence-electron chi connectivity index (χ1n) is 7.02. The van der Waals surface area contributed by atoms with Crippen molar-refractivity contribution >= 4 is 5.95 Å². The highest BCUT2D eigenvalue weighted by atomic mass is 16.5. The highest BCUT2D eigenvalue weighted by Gasteiger charge is 2.49. The van der Waals surface area contributed by atoms with E-state index in [0.29, 0.717) is 12.0 Å². The third-order valence-electron chi connectivity index (χ3n) is 4.22. The fourth-order valence-electron chi connectivity index (χ4n) is 3.36. The number of hydrogen-bond donors (Lipinski definition) is 0. The van der Waals surface area contributed by atoms with Gasteiger partial charge in [0.05, 0.1) is 12.2 Å². The molecule has 0 N–H and O–H groups in total. The Morgan fingerprint density at radius 2 is 2.00 bits per heavy atom. The monoisotopic (exact) mass is 268 g/mol. The van der Waals surface area contributed by atoms with Gasteiger partial charge in [-0.1, -0.05) is 0 Å². The van der Waals surface area contributed by atoms with Gasteiger partial charge in [-0.05, 0) is 31.0 Å². The second-order valence-corrected chi connectivity index (χ2v) is 5.38. The zero-order chi connectivity index (χ0) is 13.4. The van der Waals surface area contributed by atoms with Crippen LogP contribution in [-0.4, -0.2) is 33.6 Å². The van der Waals surface area contributed by atoms with E-state index in [4.69, 9.17) is 4.74 Å². The van der Waals surface area contributed by atoms with Gasteiger partial charge in [0, 0.05) is 31.1 Å². The molecule has 1 saturated heterocycles. The molecule has 2 aromatic heterocycles. The fourth-order valence-corrected chi connectivity index (χ4v) is 3.36. The normalized spacial score (nSPS) is 27.8. The highest BCUT2D eigenvalue weighted by Crippen LogP contribution is 2.41. The predicted molar refractivity (Wildman–Crippen MR) is 74.5 cm³/mol. The van der Waals surface area contributed by atoms with Crippen molar-refractivity contribution in [1.29, 1.82) is 0 Å². The molecule has 102 valence electrons. The van der Waals surface area contributed by atoms with Gasteiger partial charge in [-0.3, -0.25) is 4.98 Å². The Kier molecular flexibility index (Phi) is 2.76. The molecular weight excluding hydrogens is 252 g/mol. The molecule has 2 fully saturated rings. The second kappa shape index (κ2) is 4.74. The molecule has 4 rings (SSSR count). The van der Waals surface area contributed by atoms with Crippen LogP contribution in [0.2, 0.25) is 0 Å². The molecule has 5 heteroatoms. The smallest absolute Gasteiger partial charge is 0.225 e. The van der Waals surface area contributed by atoms with Gasteiger partial charge in [-0.25, -0.2) is 9.97 Å². The minimum atomic E-state index is 0.225. The van der Waals surface area contributed by atoms with Crippen LogP contribution >= 0.6 is 0 Å². The van der Waals surface area contributed by atoms with Gasteiger partial charge in [-0.15, -0.1) is 0 Å². The van der Waals surface area contributed by atoms with Crippen LogP contribution in [-0.2, 0) is 0 Å². The predicted octanol–water partition coefficient (Wildman–Crippen LogP) is 1.92. The van der Waals surface area contributed by atoms with Crippen molar-refractivity contribution in [2.24, 2.45) is 5.92 Å². The van der Waals surface area contributed by atoms with Crippen molar-refractivity contribution in [2.45, 2.75) is 25.0 Å². The first-order chi connectivity index (χ1) is 9.92. The molecule has 2 bridgehead atoms. The molecule has 20 heavy (non-hydrogen) atoms. The molecule has 0 spiro atoms. The van der Waals surface area contributed by atoms with Crippen LogP contribution in [0.5, 0.6) is 5.75 Å². The van der Waals surface area contributed by atoms with Crippen molar-refractivity contribution in [3.8, 4) is 5.75 Å². The molecular formula is C15H16N4O. The number of nitrogens with zero attached hydrogens (tertiary/aromatic N) is 4. The molecule has 1 aliphatic heterocycles. The van der Waals surface area contributed by atoms with Crippen LogP contribution < -0.4 is 9.64 Å². The van der Waals surface area contributed by atoms with Gasteiger partial charge in [0.25, 0.3) is 0 Å². The quantitative estimate of drug-likeness (QED) is 0.851. The molecule has 0 radical (unpaired) electrons. The molecule has 3 atom stereocenters. The van der Waals surface area contributed by atoms with E-state index in [1.54, 1.807) is 24.8 Å². The largest absolute Gasteiger partial charge is 0.486 e. The Bertz CT molecular complexity index is 577. The maximum Gasteiger partial charge on any atom is 0.225 e. The third-order valence-corrected chi connectivity index (χ3v) is 4.22. The van der Waals surface area contributed by atoms with E-state index in [9.17, 15) is 0 Å². The summed E-state index contributed by atoms with van der Waals surface area (Å²) in [5, 5.41) is 0. The number of rotatable bonds is 3. The van der Waals surface area contributed by atoms with Crippen molar-refractivity contribution in [3.05, 3.63) is 43.0 Å². The molecule has 1 aliphatic carbocycles. The average molecular weight is 268 g/mol. The van der Waals surface area contributed by atoms with Crippen molar-refractivity contribution in [1.82, 2.24) is 15.0 Å². The molecule has 2 aromatic rings. The lowest BCUT2D eigenvalue weighted by Gasteiger charge is -2.26. The van der Waals surface area contributed by atoms with E-state index in [2.05, 4.69) is 19.9 Å². The summed E-state index contributed by atoms with van der Waals surface area (Å²) in [7, 11) is 0. The van der Waals surface area contributed by atoms with Gasteiger partial charge in [0.15, 0.2) is 0 Å². The lowest BCUT2D eigenvalue weighted by atomic mass is 10.1. The van der Waals surface area contributed by atoms with Crippen molar-refractivity contribution < 1.29 is 4.74 Å². The maximum atomic E-state index is 6.15. The standard InChI is InChI=1S/C15H16N4O/c1-3-12(9-16-6-1)20-14-11-4-5-13(14)19(10-11)15-17-7-2-8-18-15/h1-3,6-9,11,13-14H,4-5,10H2. The summed E-state index contributed by atoms with van der Waals surface area (Å²) in [5.41, 5.74) is 0. The number of piperidine rings is 1. The number of fused-ring (bicyclic) bond motifs is 2. The van der Waals surface area contributed by atoms with Crippen molar-refractivity contribution in [2.75, 3.05) is 11.4 Å². The molecule has 0 aromatic carbocycles. The van der Waals surface area contributed by atoms with Gasteiger partial charge < -0.3 is 9.64 Å². The van der Waals surface area contributed by atoms with E-state index < -0.39 is 0 Å². The number of anilines is 1. The summed E-state index contributed by atoms with van der Waals surface area (Å²) in [6.45, 7) is 0.986. The van der Waals surface area contributed by atoms with E-state index in [-0.39, 0.29) is 6.10 Å². The van der Waals surface area contributed by atoms with Gasteiger partial charge in [-0.2, -0.15) is 0 Å². The average Bonchev–Trinajstić information content (AvgIpc) is 3.06. The third kappa shape index (κ3) is 1.90. The van der Waals surface area contributed by atoms with E-state index >= 15 is 0 Å². The van der Waals surface area contributed by atoms with E-state index in [1.807, 2.05) is 18.2 Å². The van der Waals surface area contributed by atoms with E-state index in [1.165, 1.54) is 6.42 Å². The molecule has 5 nitrogen and oxygen atoms in total. The first-order valence-corrected chi connectivity index (χ1v) is 7.02. The topological polar surface area (TPSA) is 51.1 Å². The van der Waals surface area contributed by atoms with Gasteiger partial charge in [0.1, 0.15) is 11.9 Å². The van der Waals surface area contributed by atoms with Crippen LogP contribution in [0.15, 0.2) is 43.0 Å². The summed E-state index contributed by atoms with van der Waals surface area (Å²) >= 11 is 0. The van der Waals surface area contributed by atoms with E-state index in [0.717, 1.165) is 24.7 Å². The van der Waals surface area contributed by atoms with Crippen molar-refractivity contribution in [3.63, 3.8) is 0 Å². The number of pyridine rings is 1. The summed E-state index contributed by atoms with van der Waals surface area (Å²) < 4.78 is 6.15. The maximum absolute atomic E-state index is 6.15. The minimum absolute atomic E-state index is 0.225. The SMILES string of the molecule is c1cnc(N2CC3CCC2C3Oc2cccnc2)nc1. The zero-order valence-electron chi connectivity index (χ0n) is 11.1. The van der Waals surface area contributed by atoms with Crippen LogP contribution in [0.4, 0.5) is 5.95 Å². The number of aromatic nitrogens is 3. The fraction of sp³-hybridized carbons (Fsp3) is 0.400. The van der Waals surface area contributed by atoms with Gasteiger partial charge in [0.2, 0.25) is 5.95 Å². The minimum Gasteiger partial charge on any atom is -0.486 e. The summed E-state index contributed by atoms with van der Waals surface area (Å²) in [6, 6.07) is 6.10. The number of hydrogen-bond acceptors (Lipinski definition) is 5. The van der Waals surface area contributed by atoms with Crippen LogP contribution in [0.1, 0.15) is 12.8 Å². The lowest BCUT2D eigenvalue weighted by molar-refractivity contribution is 0.178. The second-order valence-electron chi connectivity index (χ2n) is 5.38. The Labute approximate surface area is 117 Å². The summed E-state index contributed by atoms with van der Waals surface area (Å²) in [6.07, 6.45) is 9.73.